The minimum atomic E-state index is 0.378. The lowest BCUT2D eigenvalue weighted by molar-refractivity contribution is 0.328. The van der Waals surface area contributed by atoms with Gasteiger partial charge in [0.25, 0.3) is 0 Å². The number of hydrogen-bond donors (Lipinski definition) is 1. The number of aryl methyl sites for hydroxylation is 1. The largest absolute Gasteiger partial charge is 0.465 e. The first-order valence-electron chi connectivity index (χ1n) is 6.50. The molecular formula is C14H25NO. The molecule has 0 aliphatic heterocycles. The predicted molar refractivity (Wildman–Crippen MR) is 68.6 cm³/mol. The molecule has 0 amide bonds. The van der Waals surface area contributed by atoms with Gasteiger partial charge in [-0.05, 0) is 37.9 Å². The minimum absolute atomic E-state index is 0.378. The molecule has 0 saturated heterocycles. The topological polar surface area (TPSA) is 25.2 Å². The van der Waals surface area contributed by atoms with Crippen LogP contribution >= 0.6 is 0 Å². The van der Waals surface area contributed by atoms with Crippen LogP contribution in [0, 0.1) is 12.8 Å². The van der Waals surface area contributed by atoms with Gasteiger partial charge in [0.1, 0.15) is 11.5 Å². The Balaban J connectivity index is 2.66. The Morgan fingerprint density at radius 3 is 2.31 bits per heavy atom. The molecule has 92 valence electrons. The van der Waals surface area contributed by atoms with E-state index in [0.29, 0.717) is 6.04 Å². The van der Waals surface area contributed by atoms with Crippen molar-refractivity contribution in [3.8, 4) is 0 Å². The third-order valence-corrected chi connectivity index (χ3v) is 3.28. The van der Waals surface area contributed by atoms with Crippen LogP contribution in [0.25, 0.3) is 0 Å². The van der Waals surface area contributed by atoms with Gasteiger partial charge in [0.15, 0.2) is 0 Å². The van der Waals surface area contributed by atoms with Gasteiger partial charge in [-0.15, -0.1) is 0 Å². The van der Waals surface area contributed by atoms with Gasteiger partial charge >= 0.3 is 0 Å². The summed E-state index contributed by atoms with van der Waals surface area (Å²) in [4.78, 5) is 0. The summed E-state index contributed by atoms with van der Waals surface area (Å²) in [5.41, 5.74) is 0. The first kappa shape index (κ1) is 13.3. The molecule has 16 heavy (non-hydrogen) atoms. The van der Waals surface area contributed by atoms with Crippen molar-refractivity contribution in [2.45, 2.75) is 53.0 Å². The van der Waals surface area contributed by atoms with Crippen LogP contribution in [0.5, 0.6) is 0 Å². The first-order valence-corrected chi connectivity index (χ1v) is 6.50. The lowest BCUT2D eigenvalue weighted by atomic mass is 9.93. The van der Waals surface area contributed by atoms with Gasteiger partial charge in [0.05, 0.1) is 6.04 Å². The van der Waals surface area contributed by atoms with E-state index in [2.05, 4.69) is 32.2 Å². The van der Waals surface area contributed by atoms with Crippen molar-refractivity contribution in [2.24, 2.45) is 5.92 Å². The molecule has 1 rings (SSSR count). The van der Waals surface area contributed by atoms with Gasteiger partial charge in [-0.1, -0.05) is 33.6 Å². The van der Waals surface area contributed by atoms with Gasteiger partial charge in [0, 0.05) is 0 Å². The SMILES string of the molecule is CCNC(CC(CC)CC)c1ccc(C)o1. The highest BCUT2D eigenvalue weighted by Crippen LogP contribution is 2.26. The summed E-state index contributed by atoms with van der Waals surface area (Å²) >= 11 is 0. The molecule has 1 aromatic heterocycles. The van der Waals surface area contributed by atoms with E-state index >= 15 is 0 Å². The summed E-state index contributed by atoms with van der Waals surface area (Å²) in [6.07, 6.45) is 3.67. The summed E-state index contributed by atoms with van der Waals surface area (Å²) in [5.74, 6) is 2.88. The zero-order chi connectivity index (χ0) is 12.0. The van der Waals surface area contributed by atoms with Crippen molar-refractivity contribution in [2.75, 3.05) is 6.54 Å². The average Bonchev–Trinajstić information content (AvgIpc) is 2.71. The Kier molecular flexibility index (Phi) is 5.61. The van der Waals surface area contributed by atoms with E-state index in [0.717, 1.165) is 24.0 Å². The quantitative estimate of drug-likeness (QED) is 0.754. The lowest BCUT2D eigenvalue weighted by Gasteiger charge is -2.20. The summed E-state index contributed by atoms with van der Waals surface area (Å²) in [7, 11) is 0. The molecule has 1 unspecified atom stereocenters. The van der Waals surface area contributed by atoms with Gasteiger partial charge in [-0.2, -0.15) is 0 Å². The maximum Gasteiger partial charge on any atom is 0.121 e. The highest BCUT2D eigenvalue weighted by Gasteiger charge is 2.17. The van der Waals surface area contributed by atoms with Crippen LogP contribution in [-0.2, 0) is 0 Å². The fourth-order valence-electron chi connectivity index (χ4n) is 2.14. The van der Waals surface area contributed by atoms with E-state index < -0.39 is 0 Å². The van der Waals surface area contributed by atoms with Gasteiger partial charge in [0.2, 0.25) is 0 Å². The molecule has 2 nitrogen and oxygen atoms in total. The fourth-order valence-corrected chi connectivity index (χ4v) is 2.14. The molecule has 1 N–H and O–H groups in total. The maximum atomic E-state index is 5.73. The van der Waals surface area contributed by atoms with E-state index in [1.165, 1.54) is 19.3 Å². The standard InChI is InChI=1S/C14H25NO/c1-5-12(6-2)10-13(15-7-3)14-9-8-11(4)16-14/h8-9,12-13,15H,5-7,10H2,1-4H3. The molecule has 0 fully saturated rings. The number of furan rings is 1. The lowest BCUT2D eigenvalue weighted by Crippen LogP contribution is -2.23. The zero-order valence-corrected chi connectivity index (χ0v) is 11.0. The van der Waals surface area contributed by atoms with E-state index in [9.17, 15) is 0 Å². The zero-order valence-electron chi connectivity index (χ0n) is 11.0. The van der Waals surface area contributed by atoms with Crippen LogP contribution in [0.2, 0.25) is 0 Å². The van der Waals surface area contributed by atoms with E-state index in [4.69, 9.17) is 4.42 Å². The molecule has 1 heterocycles. The van der Waals surface area contributed by atoms with Crippen LogP contribution in [0.4, 0.5) is 0 Å². The van der Waals surface area contributed by atoms with E-state index in [1.54, 1.807) is 0 Å². The molecule has 0 radical (unpaired) electrons. The average molecular weight is 223 g/mol. The fraction of sp³-hybridized carbons (Fsp3) is 0.714. The second-order valence-corrected chi connectivity index (χ2v) is 4.48. The molecule has 1 aromatic rings. The predicted octanol–water partition coefficient (Wildman–Crippen LogP) is 4.06. The monoisotopic (exact) mass is 223 g/mol. The Morgan fingerprint density at radius 1 is 1.19 bits per heavy atom. The molecule has 0 saturated carbocycles. The van der Waals surface area contributed by atoms with E-state index in [-0.39, 0.29) is 0 Å². The molecule has 2 heteroatoms. The molecule has 0 bridgehead atoms. The van der Waals surface area contributed by atoms with Crippen molar-refractivity contribution in [1.29, 1.82) is 0 Å². The van der Waals surface area contributed by atoms with Gasteiger partial charge in [-0.25, -0.2) is 0 Å². The molecule has 0 aromatic carbocycles. The first-order chi connectivity index (χ1) is 7.71. The normalized spacial score (nSPS) is 13.3. The molecule has 1 atom stereocenters. The smallest absolute Gasteiger partial charge is 0.121 e. The molecule has 0 aliphatic rings. The van der Waals surface area contributed by atoms with Gasteiger partial charge < -0.3 is 9.73 Å². The molecule has 0 aliphatic carbocycles. The highest BCUT2D eigenvalue weighted by atomic mass is 16.3. The minimum Gasteiger partial charge on any atom is -0.465 e. The highest BCUT2D eigenvalue weighted by molar-refractivity contribution is 5.09. The summed E-state index contributed by atoms with van der Waals surface area (Å²) < 4.78 is 5.73. The Bertz CT molecular complexity index is 289. The van der Waals surface area contributed by atoms with Crippen LogP contribution in [0.15, 0.2) is 16.5 Å². The van der Waals surface area contributed by atoms with Crippen LogP contribution in [-0.4, -0.2) is 6.54 Å². The van der Waals surface area contributed by atoms with E-state index in [1.807, 2.05) is 13.0 Å². The second-order valence-electron chi connectivity index (χ2n) is 4.48. The van der Waals surface area contributed by atoms with Crippen molar-refractivity contribution in [1.82, 2.24) is 5.32 Å². The number of rotatable bonds is 7. The third-order valence-electron chi connectivity index (χ3n) is 3.28. The Labute approximate surface area is 99.4 Å². The molecular weight excluding hydrogens is 198 g/mol. The maximum absolute atomic E-state index is 5.73. The Hall–Kier alpha value is -0.760. The Morgan fingerprint density at radius 2 is 1.88 bits per heavy atom. The van der Waals surface area contributed by atoms with Crippen LogP contribution in [0.3, 0.4) is 0 Å². The summed E-state index contributed by atoms with van der Waals surface area (Å²) in [6, 6.07) is 4.53. The van der Waals surface area contributed by atoms with Crippen molar-refractivity contribution in [3.05, 3.63) is 23.7 Å². The van der Waals surface area contributed by atoms with Crippen molar-refractivity contribution >= 4 is 0 Å². The third kappa shape index (κ3) is 3.67. The summed E-state index contributed by atoms with van der Waals surface area (Å²) in [6.45, 7) is 9.68. The second kappa shape index (κ2) is 6.74. The van der Waals surface area contributed by atoms with Crippen LogP contribution in [0.1, 0.15) is 57.6 Å². The number of nitrogens with one attached hydrogen (secondary N) is 1. The number of hydrogen-bond acceptors (Lipinski definition) is 2. The van der Waals surface area contributed by atoms with Crippen LogP contribution < -0.4 is 5.32 Å². The molecule has 0 spiro atoms. The van der Waals surface area contributed by atoms with Gasteiger partial charge in [-0.3, -0.25) is 0 Å². The summed E-state index contributed by atoms with van der Waals surface area (Å²) in [5, 5.41) is 3.52. The van der Waals surface area contributed by atoms with Crippen molar-refractivity contribution in [3.63, 3.8) is 0 Å². The van der Waals surface area contributed by atoms with Crippen molar-refractivity contribution < 1.29 is 4.42 Å².